The maximum Gasteiger partial charge on any atom is 0.335 e. The van der Waals surface area contributed by atoms with Crippen LogP contribution >= 0.6 is 0 Å². The van der Waals surface area contributed by atoms with Gasteiger partial charge in [-0.1, -0.05) is 0 Å². The van der Waals surface area contributed by atoms with E-state index in [0.717, 1.165) is 4.31 Å². The highest BCUT2D eigenvalue weighted by molar-refractivity contribution is 7.80. The molecule has 1 aromatic carbocycles. The zero-order valence-electron chi connectivity index (χ0n) is 7.34. The second-order valence-corrected chi connectivity index (χ2v) is 3.55. The Bertz CT molecular complexity index is 362. The summed E-state index contributed by atoms with van der Waals surface area (Å²) in [4.78, 5) is 10.5. The highest BCUT2D eigenvalue weighted by Crippen LogP contribution is 2.14. The Balaban J connectivity index is 2.94. The Kier molecular flexibility index (Phi) is 3.21. The van der Waals surface area contributed by atoms with Gasteiger partial charge in [0.05, 0.1) is 5.56 Å². The molecule has 0 spiro atoms. The first-order valence-corrected chi connectivity index (χ1v) is 4.72. The molecular formula is C8H8NO4S-. The minimum atomic E-state index is -2.34. The zero-order chi connectivity index (χ0) is 10.7. The average Bonchev–Trinajstić information content (AvgIpc) is 2.16. The highest BCUT2D eigenvalue weighted by Gasteiger charge is 2.04. The Hall–Kier alpha value is -1.40. The van der Waals surface area contributed by atoms with Crippen LogP contribution in [-0.2, 0) is 11.3 Å². The largest absolute Gasteiger partial charge is 0.755 e. The van der Waals surface area contributed by atoms with E-state index in [2.05, 4.69) is 0 Å². The van der Waals surface area contributed by atoms with Crippen LogP contribution in [0.3, 0.4) is 0 Å². The molecule has 6 heteroatoms. The van der Waals surface area contributed by atoms with Crippen molar-refractivity contribution in [3.05, 3.63) is 29.8 Å². The van der Waals surface area contributed by atoms with Crippen LogP contribution in [0, 0.1) is 0 Å². The third kappa shape index (κ3) is 2.30. The van der Waals surface area contributed by atoms with E-state index in [1.54, 1.807) is 0 Å². The number of carboxylic acids is 1. The zero-order valence-corrected chi connectivity index (χ0v) is 8.15. The fourth-order valence-electron chi connectivity index (χ4n) is 0.900. The van der Waals surface area contributed by atoms with Crippen molar-refractivity contribution in [3.63, 3.8) is 0 Å². The quantitative estimate of drug-likeness (QED) is 0.747. The van der Waals surface area contributed by atoms with Crippen LogP contribution in [0.5, 0.6) is 0 Å². The summed E-state index contributed by atoms with van der Waals surface area (Å²) in [6.45, 7) is 0. The number of anilines is 1. The van der Waals surface area contributed by atoms with Crippen LogP contribution in [0.2, 0.25) is 0 Å². The summed E-state index contributed by atoms with van der Waals surface area (Å²) >= 11 is -2.34. The molecule has 0 aliphatic carbocycles. The Morgan fingerprint density at radius 1 is 1.43 bits per heavy atom. The van der Waals surface area contributed by atoms with Gasteiger partial charge in [0, 0.05) is 24.0 Å². The predicted molar refractivity (Wildman–Crippen MR) is 50.7 cm³/mol. The van der Waals surface area contributed by atoms with Crippen molar-refractivity contribution in [2.24, 2.45) is 0 Å². The van der Waals surface area contributed by atoms with Gasteiger partial charge in [0.25, 0.3) is 0 Å². The molecule has 1 unspecified atom stereocenters. The molecule has 0 heterocycles. The smallest absolute Gasteiger partial charge is 0.335 e. The average molecular weight is 214 g/mol. The van der Waals surface area contributed by atoms with Crippen molar-refractivity contribution in [2.45, 2.75) is 0 Å². The summed E-state index contributed by atoms with van der Waals surface area (Å²) in [6.07, 6.45) is 0. The number of carboxylic acid groups (broad SMARTS) is 1. The molecule has 1 N–H and O–H groups in total. The fourth-order valence-corrected chi connectivity index (χ4v) is 1.19. The van der Waals surface area contributed by atoms with Gasteiger partial charge in [-0.2, -0.15) is 0 Å². The van der Waals surface area contributed by atoms with Crippen molar-refractivity contribution in [3.8, 4) is 0 Å². The molecule has 0 bridgehead atoms. The molecule has 76 valence electrons. The number of rotatable bonds is 3. The van der Waals surface area contributed by atoms with Crippen molar-refractivity contribution in [1.29, 1.82) is 0 Å². The molecule has 0 aliphatic rings. The van der Waals surface area contributed by atoms with Crippen LogP contribution in [-0.4, -0.2) is 26.9 Å². The summed E-state index contributed by atoms with van der Waals surface area (Å²) in [5, 5.41) is 8.59. The summed E-state index contributed by atoms with van der Waals surface area (Å²) in [7, 11) is 1.37. The van der Waals surface area contributed by atoms with E-state index >= 15 is 0 Å². The van der Waals surface area contributed by atoms with E-state index < -0.39 is 17.2 Å². The van der Waals surface area contributed by atoms with E-state index in [4.69, 9.17) is 5.11 Å². The van der Waals surface area contributed by atoms with E-state index in [1.165, 1.54) is 31.3 Å². The van der Waals surface area contributed by atoms with Gasteiger partial charge in [-0.15, -0.1) is 0 Å². The van der Waals surface area contributed by atoms with Gasteiger partial charge in [-0.25, -0.2) is 4.79 Å². The summed E-state index contributed by atoms with van der Waals surface area (Å²) in [5.74, 6) is -1.04. The van der Waals surface area contributed by atoms with Crippen molar-refractivity contribution < 1.29 is 18.7 Å². The monoisotopic (exact) mass is 214 g/mol. The third-order valence-corrected chi connectivity index (χ3v) is 2.36. The number of nitrogens with zero attached hydrogens (tertiary/aromatic N) is 1. The van der Waals surface area contributed by atoms with Crippen LogP contribution in [0.4, 0.5) is 5.69 Å². The third-order valence-electron chi connectivity index (χ3n) is 1.70. The van der Waals surface area contributed by atoms with Gasteiger partial charge in [0.15, 0.2) is 0 Å². The second-order valence-electron chi connectivity index (χ2n) is 2.57. The highest BCUT2D eigenvalue weighted by atomic mass is 32.2. The first-order valence-electron chi connectivity index (χ1n) is 3.69. The van der Waals surface area contributed by atoms with Gasteiger partial charge >= 0.3 is 5.97 Å². The van der Waals surface area contributed by atoms with Gasteiger partial charge < -0.3 is 14.0 Å². The van der Waals surface area contributed by atoms with Crippen molar-refractivity contribution in [2.75, 3.05) is 11.4 Å². The number of hydrogen-bond acceptors (Lipinski definition) is 3. The standard InChI is InChI=1S/C8H9NO4S/c1-9(14(12)13)7-4-2-6(3-5-7)8(10)11/h2-5H,1H3,(H,10,11)(H,12,13)/p-1. The molecule has 0 saturated carbocycles. The molecule has 1 aromatic rings. The van der Waals surface area contributed by atoms with Crippen LogP contribution < -0.4 is 4.31 Å². The summed E-state index contributed by atoms with van der Waals surface area (Å²) in [6, 6.07) is 5.56. The topological polar surface area (TPSA) is 80.7 Å². The molecule has 5 nitrogen and oxygen atoms in total. The summed E-state index contributed by atoms with van der Waals surface area (Å²) < 4.78 is 22.1. The molecule has 1 rings (SSSR count). The minimum absolute atomic E-state index is 0.124. The second kappa shape index (κ2) is 4.21. The maximum atomic E-state index is 10.5. The molecule has 0 aliphatic heterocycles. The lowest BCUT2D eigenvalue weighted by Gasteiger charge is -2.20. The fraction of sp³-hybridized carbons (Fsp3) is 0.125. The van der Waals surface area contributed by atoms with Gasteiger partial charge in [-0.3, -0.25) is 4.21 Å². The van der Waals surface area contributed by atoms with Crippen LogP contribution in [0.15, 0.2) is 24.3 Å². The lowest BCUT2D eigenvalue weighted by atomic mass is 10.2. The molecule has 0 aromatic heterocycles. The Labute approximate surface area is 83.4 Å². The first-order chi connectivity index (χ1) is 6.52. The molecular weight excluding hydrogens is 206 g/mol. The lowest BCUT2D eigenvalue weighted by Crippen LogP contribution is -2.19. The molecule has 0 fully saturated rings. The summed E-state index contributed by atoms with van der Waals surface area (Å²) in [5.41, 5.74) is 0.544. The Morgan fingerprint density at radius 3 is 2.29 bits per heavy atom. The van der Waals surface area contributed by atoms with Crippen molar-refractivity contribution >= 4 is 22.9 Å². The normalized spacial score (nSPS) is 12.1. The lowest BCUT2D eigenvalue weighted by molar-refractivity contribution is 0.0697. The molecule has 0 radical (unpaired) electrons. The molecule has 0 amide bonds. The predicted octanol–water partition coefficient (Wildman–Crippen LogP) is 0.615. The van der Waals surface area contributed by atoms with E-state index in [9.17, 15) is 13.6 Å². The number of aromatic carboxylic acids is 1. The molecule has 1 atom stereocenters. The number of benzene rings is 1. The van der Waals surface area contributed by atoms with E-state index in [0.29, 0.717) is 5.69 Å². The van der Waals surface area contributed by atoms with Gasteiger partial charge in [0.1, 0.15) is 0 Å². The molecule has 0 saturated heterocycles. The Morgan fingerprint density at radius 2 is 1.93 bits per heavy atom. The van der Waals surface area contributed by atoms with Gasteiger partial charge in [0.2, 0.25) is 0 Å². The number of hydrogen-bond donors (Lipinski definition) is 1. The SMILES string of the molecule is CN(c1ccc(C(=O)O)cc1)S(=O)[O-]. The maximum absolute atomic E-state index is 10.5. The minimum Gasteiger partial charge on any atom is -0.755 e. The van der Waals surface area contributed by atoms with E-state index in [1.807, 2.05) is 0 Å². The van der Waals surface area contributed by atoms with Crippen molar-refractivity contribution in [1.82, 2.24) is 0 Å². The van der Waals surface area contributed by atoms with E-state index in [-0.39, 0.29) is 5.56 Å². The van der Waals surface area contributed by atoms with Crippen LogP contribution in [0.25, 0.3) is 0 Å². The van der Waals surface area contributed by atoms with Gasteiger partial charge in [-0.05, 0) is 24.3 Å². The molecule has 14 heavy (non-hydrogen) atoms. The number of carbonyl (C=O) groups is 1. The first kappa shape index (κ1) is 10.7. The van der Waals surface area contributed by atoms with Crippen LogP contribution in [0.1, 0.15) is 10.4 Å².